The van der Waals surface area contributed by atoms with Crippen LogP contribution in [0.2, 0.25) is 0 Å². The van der Waals surface area contributed by atoms with Gasteiger partial charge in [-0.05, 0) is 43.7 Å². The van der Waals surface area contributed by atoms with Crippen molar-refractivity contribution >= 4 is 5.91 Å². The zero-order valence-corrected chi connectivity index (χ0v) is 11.8. The molecular weight excluding hydrogens is 250 g/mol. The number of nitrogens with one attached hydrogen (secondary N) is 1. The molecule has 2 aliphatic rings. The number of nitrogens with two attached hydrogens (primary N) is 1. The molecule has 1 aliphatic heterocycles. The molecule has 4 nitrogen and oxygen atoms in total. The lowest BCUT2D eigenvalue weighted by Crippen LogP contribution is -2.48. The van der Waals surface area contributed by atoms with E-state index < -0.39 is 0 Å². The van der Waals surface area contributed by atoms with Crippen LogP contribution in [-0.2, 0) is 11.3 Å². The molecular formula is C16H23N3O. The van der Waals surface area contributed by atoms with Gasteiger partial charge in [-0.2, -0.15) is 0 Å². The third-order valence-electron chi connectivity index (χ3n) is 4.67. The highest BCUT2D eigenvalue weighted by Gasteiger charge is 2.40. The maximum Gasteiger partial charge on any atom is 0.237 e. The monoisotopic (exact) mass is 273 g/mol. The molecule has 3 N–H and O–H groups in total. The van der Waals surface area contributed by atoms with Crippen LogP contribution in [0.15, 0.2) is 30.3 Å². The highest BCUT2D eigenvalue weighted by Crippen LogP contribution is 2.41. The Morgan fingerprint density at radius 3 is 2.65 bits per heavy atom. The summed E-state index contributed by atoms with van der Waals surface area (Å²) < 4.78 is 0. The predicted octanol–water partition coefficient (Wildman–Crippen LogP) is 1.67. The van der Waals surface area contributed by atoms with Crippen LogP contribution in [0.4, 0.5) is 0 Å². The lowest BCUT2D eigenvalue weighted by molar-refractivity contribution is -0.127. The molecule has 20 heavy (non-hydrogen) atoms. The molecule has 0 unspecified atom stereocenters. The third-order valence-corrected chi connectivity index (χ3v) is 4.67. The summed E-state index contributed by atoms with van der Waals surface area (Å²) in [6, 6.07) is 11.2. The van der Waals surface area contributed by atoms with Crippen LogP contribution in [0.1, 0.15) is 31.2 Å². The Bertz CT molecular complexity index is 458. The van der Waals surface area contributed by atoms with E-state index in [1.165, 1.54) is 18.4 Å². The molecule has 4 heteroatoms. The minimum Gasteiger partial charge on any atom is -0.296 e. The van der Waals surface area contributed by atoms with Gasteiger partial charge in [0.15, 0.2) is 0 Å². The Balaban J connectivity index is 1.67. The molecule has 108 valence electrons. The number of carbonyl (C=O) groups is 1. The second-order valence-electron chi connectivity index (χ2n) is 6.09. The van der Waals surface area contributed by atoms with Crippen molar-refractivity contribution in [2.45, 2.75) is 38.3 Å². The number of benzene rings is 1. The minimum absolute atomic E-state index is 0.00927. The van der Waals surface area contributed by atoms with Gasteiger partial charge in [0, 0.05) is 18.5 Å². The van der Waals surface area contributed by atoms with E-state index in [0.717, 1.165) is 31.8 Å². The van der Waals surface area contributed by atoms with E-state index in [1.54, 1.807) is 0 Å². The zero-order valence-electron chi connectivity index (χ0n) is 11.8. The van der Waals surface area contributed by atoms with Crippen molar-refractivity contribution in [2.75, 3.05) is 6.54 Å². The first-order chi connectivity index (χ1) is 9.78. The molecule has 0 aromatic heterocycles. The van der Waals surface area contributed by atoms with E-state index in [4.69, 9.17) is 5.84 Å². The summed E-state index contributed by atoms with van der Waals surface area (Å²) in [6.07, 6.45) is 4.50. The number of piperidine rings is 1. The van der Waals surface area contributed by atoms with Crippen molar-refractivity contribution in [2.24, 2.45) is 17.7 Å². The Morgan fingerprint density at radius 2 is 2.00 bits per heavy atom. The van der Waals surface area contributed by atoms with Gasteiger partial charge in [-0.25, -0.2) is 5.84 Å². The topological polar surface area (TPSA) is 58.4 Å². The molecule has 2 atom stereocenters. The van der Waals surface area contributed by atoms with Crippen molar-refractivity contribution in [3.05, 3.63) is 35.9 Å². The molecule has 1 aromatic carbocycles. The maximum absolute atomic E-state index is 11.8. The predicted molar refractivity (Wildman–Crippen MR) is 78.4 cm³/mol. The fraction of sp³-hybridized carbons (Fsp3) is 0.562. The second kappa shape index (κ2) is 5.94. The van der Waals surface area contributed by atoms with Crippen molar-refractivity contribution in [1.29, 1.82) is 0 Å². The first kappa shape index (κ1) is 13.6. The third kappa shape index (κ3) is 3.02. The zero-order chi connectivity index (χ0) is 13.9. The van der Waals surface area contributed by atoms with Gasteiger partial charge in [-0.1, -0.05) is 30.3 Å². The summed E-state index contributed by atoms with van der Waals surface area (Å²) in [4.78, 5) is 14.3. The van der Waals surface area contributed by atoms with Crippen LogP contribution in [-0.4, -0.2) is 23.4 Å². The lowest BCUT2D eigenvalue weighted by atomic mass is 9.87. The number of hydrazine groups is 1. The minimum atomic E-state index is 0.00927. The van der Waals surface area contributed by atoms with Crippen LogP contribution >= 0.6 is 0 Å². The molecule has 3 rings (SSSR count). The number of rotatable bonds is 4. The molecule has 2 fully saturated rings. The SMILES string of the molecule is NNC(=O)[C@@H]1CCN(Cc2ccccc2)[C@H](C2CC2)C1. The van der Waals surface area contributed by atoms with E-state index in [2.05, 4.69) is 40.7 Å². The van der Waals surface area contributed by atoms with Crippen molar-refractivity contribution in [1.82, 2.24) is 10.3 Å². The number of carbonyl (C=O) groups excluding carboxylic acids is 1. The number of hydrogen-bond acceptors (Lipinski definition) is 3. The quantitative estimate of drug-likeness (QED) is 0.498. The summed E-state index contributed by atoms with van der Waals surface area (Å²) in [5.74, 6) is 6.17. The molecule has 0 radical (unpaired) electrons. The average Bonchev–Trinajstić information content (AvgIpc) is 3.32. The van der Waals surface area contributed by atoms with Gasteiger partial charge in [0.2, 0.25) is 5.91 Å². The summed E-state index contributed by atoms with van der Waals surface area (Å²) >= 11 is 0. The first-order valence-corrected chi connectivity index (χ1v) is 7.56. The van der Waals surface area contributed by atoms with Crippen LogP contribution in [0.25, 0.3) is 0 Å². The van der Waals surface area contributed by atoms with Crippen molar-refractivity contribution in [3.63, 3.8) is 0 Å². The molecule has 1 aromatic rings. The van der Waals surface area contributed by atoms with Crippen LogP contribution < -0.4 is 11.3 Å². The summed E-state index contributed by atoms with van der Waals surface area (Å²) in [5, 5.41) is 0. The van der Waals surface area contributed by atoms with Crippen molar-refractivity contribution in [3.8, 4) is 0 Å². The van der Waals surface area contributed by atoms with E-state index in [1.807, 2.05) is 0 Å². The summed E-state index contributed by atoms with van der Waals surface area (Å²) in [7, 11) is 0. The van der Waals surface area contributed by atoms with Crippen molar-refractivity contribution < 1.29 is 4.79 Å². The average molecular weight is 273 g/mol. The van der Waals surface area contributed by atoms with E-state index in [9.17, 15) is 4.79 Å². The van der Waals surface area contributed by atoms with Gasteiger partial charge in [0.25, 0.3) is 0 Å². The highest BCUT2D eigenvalue weighted by atomic mass is 16.2. The maximum atomic E-state index is 11.8. The normalized spacial score (nSPS) is 27.2. The van der Waals surface area contributed by atoms with Gasteiger partial charge in [-0.3, -0.25) is 15.1 Å². The van der Waals surface area contributed by atoms with Gasteiger partial charge in [0.05, 0.1) is 0 Å². The molecule has 1 heterocycles. The largest absolute Gasteiger partial charge is 0.296 e. The molecule has 1 aliphatic carbocycles. The van der Waals surface area contributed by atoms with E-state index >= 15 is 0 Å². The van der Waals surface area contributed by atoms with Crippen LogP contribution in [0, 0.1) is 11.8 Å². The van der Waals surface area contributed by atoms with Crippen LogP contribution in [0.5, 0.6) is 0 Å². The Hall–Kier alpha value is -1.39. The standard InChI is InChI=1S/C16H23N3O/c17-18-16(20)14-8-9-19(15(10-14)13-6-7-13)11-12-4-2-1-3-5-12/h1-5,13-15H,6-11,17H2,(H,18,20)/t14-,15+/m1/s1. The van der Waals surface area contributed by atoms with Gasteiger partial charge in [-0.15, -0.1) is 0 Å². The fourth-order valence-electron chi connectivity index (χ4n) is 3.39. The van der Waals surface area contributed by atoms with E-state index in [-0.39, 0.29) is 11.8 Å². The first-order valence-electron chi connectivity index (χ1n) is 7.56. The molecule has 0 bridgehead atoms. The Kier molecular flexibility index (Phi) is 4.03. The van der Waals surface area contributed by atoms with Gasteiger partial charge in [0.1, 0.15) is 0 Å². The molecule has 1 amide bonds. The van der Waals surface area contributed by atoms with E-state index in [0.29, 0.717) is 6.04 Å². The Labute approximate surface area is 120 Å². The molecule has 1 saturated heterocycles. The fourth-order valence-corrected chi connectivity index (χ4v) is 3.39. The summed E-state index contributed by atoms with van der Waals surface area (Å²) in [5.41, 5.74) is 3.68. The van der Waals surface area contributed by atoms with Gasteiger partial charge < -0.3 is 0 Å². The van der Waals surface area contributed by atoms with Gasteiger partial charge >= 0.3 is 0 Å². The number of amides is 1. The summed E-state index contributed by atoms with van der Waals surface area (Å²) in [6.45, 7) is 1.99. The number of likely N-dealkylation sites (tertiary alicyclic amines) is 1. The second-order valence-corrected chi connectivity index (χ2v) is 6.09. The lowest BCUT2D eigenvalue weighted by Gasteiger charge is -2.39. The highest BCUT2D eigenvalue weighted by molar-refractivity contribution is 5.78. The smallest absolute Gasteiger partial charge is 0.237 e. The Morgan fingerprint density at radius 1 is 1.25 bits per heavy atom. The number of nitrogens with zero attached hydrogens (tertiary/aromatic N) is 1. The molecule has 0 spiro atoms. The molecule has 1 saturated carbocycles. The number of hydrogen-bond donors (Lipinski definition) is 2. The van der Waals surface area contributed by atoms with Crippen LogP contribution in [0.3, 0.4) is 0 Å².